The number of nitroso groups, excluding NO2 is 1. The number of hydrogen-bond acceptors (Lipinski definition) is 4. The van der Waals surface area contributed by atoms with Gasteiger partial charge < -0.3 is 0 Å². The number of allylic oxidation sites excluding steroid dienone is 1. The topological polar surface area (TPSA) is 81.2 Å². The van der Waals surface area contributed by atoms with E-state index in [9.17, 15) is 13.3 Å². The number of nitriles is 1. The average molecular weight is 366 g/mol. The second kappa shape index (κ2) is 5.78. The third-order valence-electron chi connectivity index (χ3n) is 4.81. The summed E-state index contributed by atoms with van der Waals surface area (Å²) < 4.78 is 29.0. The van der Waals surface area contributed by atoms with Crippen LogP contribution in [-0.2, 0) is 23.0 Å². The van der Waals surface area contributed by atoms with E-state index in [1.807, 2.05) is 6.07 Å². The highest BCUT2D eigenvalue weighted by Gasteiger charge is 2.35. The van der Waals surface area contributed by atoms with Crippen molar-refractivity contribution in [2.24, 2.45) is 0 Å². The molecule has 2 aromatic carbocycles. The van der Waals surface area contributed by atoms with Crippen LogP contribution in [0, 0.1) is 16.2 Å². The van der Waals surface area contributed by atoms with Crippen LogP contribution < -0.4 is 4.31 Å². The van der Waals surface area contributed by atoms with Crippen molar-refractivity contribution in [3.8, 4) is 6.07 Å². The highest BCUT2D eigenvalue weighted by atomic mass is 32.2. The minimum absolute atomic E-state index is 0.130. The second-order valence-electron chi connectivity index (χ2n) is 6.46. The molecule has 0 unspecified atom stereocenters. The summed E-state index contributed by atoms with van der Waals surface area (Å²) in [5.41, 5.74) is 3.83. The number of fused-ring (bicyclic) bond motifs is 2. The van der Waals surface area contributed by atoms with Crippen LogP contribution in [0.25, 0.3) is 5.57 Å². The molecule has 0 spiro atoms. The SMILES string of the molecule is CC1=C[N+](=O)Cc2cccc(S(=O)(=O)N3CCc4ccc(C#N)cc43)c21. The zero-order valence-electron chi connectivity index (χ0n) is 14.1. The minimum Gasteiger partial charge on any atom is -0.266 e. The van der Waals surface area contributed by atoms with Gasteiger partial charge in [-0.05, 0) is 37.1 Å². The summed E-state index contributed by atoms with van der Waals surface area (Å²) in [6.07, 6.45) is 2.03. The Morgan fingerprint density at radius 3 is 2.77 bits per heavy atom. The molecule has 0 bridgehead atoms. The second-order valence-corrected chi connectivity index (χ2v) is 8.29. The zero-order valence-corrected chi connectivity index (χ0v) is 15.0. The van der Waals surface area contributed by atoms with E-state index in [1.165, 1.54) is 10.5 Å². The number of hydrogen-bond donors (Lipinski definition) is 0. The van der Waals surface area contributed by atoms with Gasteiger partial charge in [-0.15, -0.1) is 0 Å². The molecule has 130 valence electrons. The number of benzene rings is 2. The summed E-state index contributed by atoms with van der Waals surface area (Å²) in [6.45, 7) is 2.21. The van der Waals surface area contributed by atoms with Gasteiger partial charge >= 0.3 is 0 Å². The van der Waals surface area contributed by atoms with Gasteiger partial charge in [-0.2, -0.15) is 5.26 Å². The van der Waals surface area contributed by atoms with E-state index in [0.29, 0.717) is 40.9 Å². The Bertz CT molecular complexity index is 1130. The van der Waals surface area contributed by atoms with Gasteiger partial charge in [0.25, 0.3) is 10.0 Å². The molecule has 2 aliphatic rings. The number of anilines is 1. The third-order valence-corrected chi connectivity index (χ3v) is 6.66. The van der Waals surface area contributed by atoms with Gasteiger partial charge in [-0.1, -0.05) is 18.2 Å². The van der Waals surface area contributed by atoms with Gasteiger partial charge in [0, 0.05) is 32.9 Å². The molecule has 2 aliphatic heterocycles. The molecule has 0 saturated heterocycles. The van der Waals surface area contributed by atoms with Gasteiger partial charge in [-0.3, -0.25) is 4.31 Å². The first-order valence-electron chi connectivity index (χ1n) is 8.22. The van der Waals surface area contributed by atoms with E-state index in [1.54, 1.807) is 37.3 Å². The van der Waals surface area contributed by atoms with Crippen LogP contribution in [0.5, 0.6) is 0 Å². The quantitative estimate of drug-likeness (QED) is 0.765. The fraction of sp³-hybridized carbons (Fsp3) is 0.211. The zero-order chi connectivity index (χ0) is 18.5. The van der Waals surface area contributed by atoms with Gasteiger partial charge in [0.2, 0.25) is 12.7 Å². The van der Waals surface area contributed by atoms with E-state index in [0.717, 1.165) is 10.3 Å². The molecule has 2 heterocycles. The van der Waals surface area contributed by atoms with Crippen LogP contribution >= 0.6 is 0 Å². The molecule has 0 aromatic heterocycles. The monoisotopic (exact) mass is 366 g/mol. The van der Waals surface area contributed by atoms with Crippen molar-refractivity contribution in [1.29, 1.82) is 5.26 Å². The maximum Gasteiger partial charge on any atom is 0.264 e. The van der Waals surface area contributed by atoms with E-state index in [-0.39, 0.29) is 11.4 Å². The lowest BCUT2D eigenvalue weighted by Crippen LogP contribution is -2.30. The molecular weight excluding hydrogens is 350 g/mol. The molecule has 0 saturated carbocycles. The Morgan fingerprint density at radius 2 is 2.00 bits per heavy atom. The van der Waals surface area contributed by atoms with Gasteiger partial charge in [-0.25, -0.2) is 8.42 Å². The highest BCUT2D eigenvalue weighted by Crippen LogP contribution is 2.37. The van der Waals surface area contributed by atoms with Crippen LogP contribution in [0.2, 0.25) is 0 Å². The van der Waals surface area contributed by atoms with Crippen LogP contribution in [0.3, 0.4) is 0 Å². The van der Waals surface area contributed by atoms with E-state index >= 15 is 0 Å². The molecule has 26 heavy (non-hydrogen) atoms. The highest BCUT2D eigenvalue weighted by molar-refractivity contribution is 7.93. The average Bonchev–Trinajstić information content (AvgIpc) is 3.04. The molecule has 6 nitrogen and oxygen atoms in total. The van der Waals surface area contributed by atoms with Crippen molar-refractivity contribution < 1.29 is 13.2 Å². The number of rotatable bonds is 2. The maximum absolute atomic E-state index is 13.4. The summed E-state index contributed by atoms with van der Waals surface area (Å²) in [5.74, 6) is 0. The lowest BCUT2D eigenvalue weighted by atomic mass is 9.99. The Morgan fingerprint density at radius 1 is 1.19 bits per heavy atom. The predicted octanol–water partition coefficient (Wildman–Crippen LogP) is 2.96. The molecule has 0 atom stereocenters. The molecule has 0 amide bonds. The van der Waals surface area contributed by atoms with Crippen LogP contribution in [0.15, 0.2) is 47.5 Å². The lowest BCUT2D eigenvalue weighted by molar-refractivity contribution is -0.497. The van der Waals surface area contributed by atoms with Crippen LogP contribution in [-0.4, -0.2) is 19.7 Å². The molecule has 0 aliphatic carbocycles. The van der Waals surface area contributed by atoms with Gasteiger partial charge in [0.1, 0.15) is 0 Å². The van der Waals surface area contributed by atoms with E-state index < -0.39 is 10.0 Å². The first-order valence-corrected chi connectivity index (χ1v) is 9.66. The summed E-state index contributed by atoms with van der Waals surface area (Å²) in [5, 5.41) is 9.13. The molecule has 4 rings (SSSR count). The van der Waals surface area contributed by atoms with E-state index in [2.05, 4.69) is 6.07 Å². The lowest BCUT2D eigenvalue weighted by Gasteiger charge is -2.23. The Hall–Kier alpha value is -2.98. The van der Waals surface area contributed by atoms with E-state index in [4.69, 9.17) is 5.26 Å². The van der Waals surface area contributed by atoms with Crippen LogP contribution in [0.1, 0.15) is 29.2 Å². The smallest absolute Gasteiger partial charge is 0.264 e. The minimum atomic E-state index is -3.81. The molecule has 0 radical (unpaired) electrons. The van der Waals surface area contributed by atoms with Crippen molar-refractivity contribution in [1.82, 2.24) is 0 Å². The first kappa shape index (κ1) is 16.5. The Balaban J connectivity index is 1.88. The third kappa shape index (κ3) is 2.42. The molecule has 0 N–H and O–H groups in total. The van der Waals surface area contributed by atoms with Crippen LogP contribution in [0.4, 0.5) is 5.69 Å². The van der Waals surface area contributed by atoms with Crippen molar-refractivity contribution in [3.63, 3.8) is 0 Å². The number of sulfonamides is 1. The van der Waals surface area contributed by atoms with Crippen molar-refractivity contribution >= 4 is 21.3 Å². The fourth-order valence-electron chi connectivity index (χ4n) is 3.65. The Kier molecular flexibility index (Phi) is 3.67. The normalized spacial score (nSPS) is 15.9. The standard InChI is InChI=1S/C19H16N3O3S/c1-13-11-21(23)12-16-3-2-4-18(19(13)16)26(24,25)22-8-7-15-6-5-14(10-20)9-17(15)22/h2-6,9,11H,7-8,12H2,1H3/q+1. The van der Waals surface area contributed by atoms with Gasteiger partial charge in [0.15, 0.2) is 0 Å². The van der Waals surface area contributed by atoms with Crippen molar-refractivity contribution in [2.45, 2.75) is 24.8 Å². The van der Waals surface area contributed by atoms with Crippen molar-refractivity contribution in [2.75, 3.05) is 10.8 Å². The van der Waals surface area contributed by atoms with Gasteiger partial charge in [0.05, 0.1) is 22.2 Å². The molecule has 7 heteroatoms. The molecule has 2 aromatic rings. The fourth-order valence-corrected chi connectivity index (χ4v) is 5.45. The molecule has 0 fully saturated rings. The van der Waals surface area contributed by atoms with Crippen molar-refractivity contribution in [3.05, 3.63) is 69.8 Å². The Labute approximate surface area is 151 Å². The summed E-state index contributed by atoms with van der Waals surface area (Å²) in [4.78, 5) is 11.9. The summed E-state index contributed by atoms with van der Waals surface area (Å²) >= 11 is 0. The predicted molar refractivity (Wildman–Crippen MR) is 96.8 cm³/mol. The largest absolute Gasteiger partial charge is 0.266 e. The maximum atomic E-state index is 13.4. The summed E-state index contributed by atoms with van der Waals surface area (Å²) in [6, 6.07) is 12.2. The number of nitrogens with zero attached hydrogens (tertiary/aromatic N) is 3. The summed E-state index contributed by atoms with van der Waals surface area (Å²) in [7, 11) is -3.81. The molecular formula is C19H16N3O3S+. The first-order chi connectivity index (χ1) is 12.4.